The summed E-state index contributed by atoms with van der Waals surface area (Å²) in [5.41, 5.74) is 2.15. The Morgan fingerprint density at radius 3 is 2.34 bits per heavy atom. The van der Waals surface area contributed by atoms with Crippen LogP contribution in [0.4, 0.5) is 5.69 Å². The monoisotopic (exact) mass is 563 g/mol. The van der Waals surface area contributed by atoms with Gasteiger partial charge in [-0.3, -0.25) is 13.9 Å². The SMILES string of the molecule is Cc1cccc(N(CC(=O)N(Cc2ccc(Br)cc2)[C@H](C)C(=O)NC2CCCCC2)S(C)(=O)=O)c1. The summed E-state index contributed by atoms with van der Waals surface area (Å²) in [7, 11) is -3.73. The van der Waals surface area contributed by atoms with Crippen molar-refractivity contribution in [3.8, 4) is 0 Å². The number of carbonyl (C=O) groups is 2. The maximum atomic E-state index is 13.6. The molecule has 2 aromatic carbocycles. The van der Waals surface area contributed by atoms with E-state index >= 15 is 0 Å². The minimum Gasteiger partial charge on any atom is -0.352 e. The maximum absolute atomic E-state index is 13.6. The lowest BCUT2D eigenvalue weighted by molar-refractivity contribution is -0.139. The van der Waals surface area contributed by atoms with Gasteiger partial charge in [-0.1, -0.05) is 59.5 Å². The van der Waals surface area contributed by atoms with E-state index in [0.29, 0.717) is 5.69 Å². The lowest BCUT2D eigenvalue weighted by Gasteiger charge is -2.33. The summed E-state index contributed by atoms with van der Waals surface area (Å²) >= 11 is 3.42. The molecule has 0 aromatic heterocycles. The quantitative estimate of drug-likeness (QED) is 0.490. The molecule has 1 aliphatic carbocycles. The summed E-state index contributed by atoms with van der Waals surface area (Å²) < 4.78 is 27.3. The van der Waals surface area contributed by atoms with Crippen molar-refractivity contribution >= 4 is 43.5 Å². The average Bonchev–Trinajstić information content (AvgIpc) is 2.81. The van der Waals surface area contributed by atoms with Gasteiger partial charge in [-0.15, -0.1) is 0 Å². The van der Waals surface area contributed by atoms with Gasteiger partial charge in [0.25, 0.3) is 0 Å². The minimum absolute atomic E-state index is 0.114. The molecule has 0 radical (unpaired) electrons. The molecule has 0 aliphatic heterocycles. The fourth-order valence-electron chi connectivity index (χ4n) is 4.33. The Morgan fingerprint density at radius 2 is 1.74 bits per heavy atom. The van der Waals surface area contributed by atoms with E-state index in [1.54, 1.807) is 25.1 Å². The Bertz CT molecular complexity index is 1130. The molecule has 7 nitrogen and oxygen atoms in total. The van der Waals surface area contributed by atoms with E-state index in [1.807, 2.05) is 37.3 Å². The molecule has 2 aromatic rings. The number of hydrogen-bond donors (Lipinski definition) is 1. The number of benzene rings is 2. The number of carbonyl (C=O) groups excluding carboxylic acids is 2. The third-order valence-electron chi connectivity index (χ3n) is 6.35. The van der Waals surface area contributed by atoms with Gasteiger partial charge in [-0.25, -0.2) is 8.42 Å². The largest absolute Gasteiger partial charge is 0.352 e. The second-order valence-corrected chi connectivity index (χ2v) is 12.1. The molecular formula is C26H34BrN3O4S. The second-order valence-electron chi connectivity index (χ2n) is 9.28. The first kappa shape index (κ1) is 27.2. The van der Waals surface area contributed by atoms with Crippen LogP contribution in [0, 0.1) is 6.92 Å². The van der Waals surface area contributed by atoms with Gasteiger partial charge in [0.15, 0.2) is 0 Å². The standard InChI is InChI=1S/C26H34BrN3O4S/c1-19-8-7-11-24(16-19)30(35(3,33)34)18-25(31)29(17-21-12-14-22(27)15-13-21)20(2)26(32)28-23-9-5-4-6-10-23/h7-8,11-16,20,23H,4-6,9-10,17-18H2,1-3H3,(H,28,32)/t20-/m1/s1. The number of sulfonamides is 1. The van der Waals surface area contributed by atoms with E-state index in [1.165, 1.54) is 11.3 Å². The zero-order valence-corrected chi connectivity index (χ0v) is 22.9. The molecule has 0 unspecified atom stereocenters. The predicted octanol–water partition coefficient (Wildman–Crippen LogP) is 4.39. The molecule has 9 heteroatoms. The van der Waals surface area contributed by atoms with Crippen LogP contribution >= 0.6 is 15.9 Å². The van der Waals surface area contributed by atoms with E-state index in [-0.39, 0.29) is 25.0 Å². The van der Waals surface area contributed by atoms with E-state index in [9.17, 15) is 18.0 Å². The first-order chi connectivity index (χ1) is 16.5. The molecule has 35 heavy (non-hydrogen) atoms. The number of rotatable bonds is 9. The van der Waals surface area contributed by atoms with Crippen molar-refractivity contribution in [3.63, 3.8) is 0 Å². The highest BCUT2D eigenvalue weighted by atomic mass is 79.9. The van der Waals surface area contributed by atoms with E-state index in [0.717, 1.165) is 51.8 Å². The molecule has 3 rings (SSSR count). The highest BCUT2D eigenvalue weighted by Crippen LogP contribution is 2.21. The topological polar surface area (TPSA) is 86.8 Å². The Balaban J connectivity index is 1.86. The van der Waals surface area contributed by atoms with Crippen molar-refractivity contribution in [1.82, 2.24) is 10.2 Å². The van der Waals surface area contributed by atoms with Crippen molar-refractivity contribution in [2.75, 3.05) is 17.1 Å². The van der Waals surface area contributed by atoms with Crippen LogP contribution in [-0.4, -0.2) is 50.0 Å². The van der Waals surface area contributed by atoms with Crippen molar-refractivity contribution in [3.05, 3.63) is 64.1 Å². The van der Waals surface area contributed by atoms with E-state index in [2.05, 4.69) is 21.2 Å². The average molecular weight is 565 g/mol. The number of nitrogens with zero attached hydrogens (tertiary/aromatic N) is 2. The van der Waals surface area contributed by atoms with Gasteiger partial charge in [-0.05, 0) is 62.1 Å². The van der Waals surface area contributed by atoms with Crippen molar-refractivity contribution in [2.24, 2.45) is 0 Å². The van der Waals surface area contributed by atoms with Gasteiger partial charge in [0.2, 0.25) is 21.8 Å². The lowest BCUT2D eigenvalue weighted by Crippen LogP contribution is -2.52. The number of halogens is 1. The Morgan fingerprint density at radius 1 is 1.09 bits per heavy atom. The van der Waals surface area contributed by atoms with Gasteiger partial charge in [0, 0.05) is 17.1 Å². The molecule has 0 saturated heterocycles. The third-order valence-corrected chi connectivity index (χ3v) is 8.02. The molecule has 1 aliphatic rings. The molecule has 0 bridgehead atoms. The summed E-state index contributed by atoms with van der Waals surface area (Å²) in [6.07, 6.45) is 6.31. The second kappa shape index (κ2) is 12.0. The van der Waals surface area contributed by atoms with Crippen LogP contribution in [0.5, 0.6) is 0 Å². The normalized spacial score (nSPS) is 15.3. The summed E-state index contributed by atoms with van der Waals surface area (Å²) in [4.78, 5) is 28.2. The fourth-order valence-corrected chi connectivity index (χ4v) is 5.44. The van der Waals surface area contributed by atoms with Gasteiger partial charge >= 0.3 is 0 Å². The first-order valence-corrected chi connectivity index (χ1v) is 14.6. The highest BCUT2D eigenvalue weighted by molar-refractivity contribution is 9.10. The van der Waals surface area contributed by atoms with Crippen LogP contribution in [0.3, 0.4) is 0 Å². The fraction of sp³-hybridized carbons (Fsp3) is 0.462. The molecule has 190 valence electrons. The molecule has 1 fully saturated rings. The molecule has 1 N–H and O–H groups in total. The molecule has 1 saturated carbocycles. The number of hydrogen-bond acceptors (Lipinski definition) is 4. The van der Waals surface area contributed by atoms with Gasteiger partial charge in [-0.2, -0.15) is 0 Å². The lowest BCUT2D eigenvalue weighted by atomic mass is 9.95. The Labute approximate surface area is 217 Å². The summed E-state index contributed by atoms with van der Waals surface area (Å²) in [5.74, 6) is -0.657. The third kappa shape index (κ3) is 7.80. The predicted molar refractivity (Wildman–Crippen MR) is 143 cm³/mol. The molecule has 2 amide bonds. The van der Waals surface area contributed by atoms with Crippen LogP contribution in [0.1, 0.15) is 50.2 Å². The van der Waals surface area contributed by atoms with Crippen LogP contribution in [0.15, 0.2) is 53.0 Å². The van der Waals surface area contributed by atoms with Crippen LogP contribution in [-0.2, 0) is 26.2 Å². The summed E-state index contributed by atoms with van der Waals surface area (Å²) in [5, 5.41) is 3.10. The molecule has 1 atom stereocenters. The molecular weight excluding hydrogens is 530 g/mol. The zero-order chi connectivity index (χ0) is 25.6. The number of nitrogens with one attached hydrogen (secondary N) is 1. The minimum atomic E-state index is -3.73. The summed E-state index contributed by atoms with van der Waals surface area (Å²) in [6.45, 7) is 3.37. The molecule has 0 spiro atoms. The van der Waals surface area contributed by atoms with E-state index < -0.39 is 22.0 Å². The van der Waals surface area contributed by atoms with Gasteiger partial charge < -0.3 is 10.2 Å². The van der Waals surface area contributed by atoms with Crippen molar-refractivity contribution in [1.29, 1.82) is 0 Å². The van der Waals surface area contributed by atoms with Crippen molar-refractivity contribution < 1.29 is 18.0 Å². The summed E-state index contributed by atoms with van der Waals surface area (Å²) in [6, 6.07) is 13.9. The number of aryl methyl sites for hydroxylation is 1. The van der Waals surface area contributed by atoms with Crippen molar-refractivity contribution in [2.45, 2.75) is 64.6 Å². The van der Waals surface area contributed by atoms with Gasteiger partial charge in [0.05, 0.1) is 11.9 Å². The van der Waals surface area contributed by atoms with Gasteiger partial charge in [0.1, 0.15) is 12.6 Å². The maximum Gasteiger partial charge on any atom is 0.244 e. The Hall–Kier alpha value is -2.39. The smallest absolute Gasteiger partial charge is 0.244 e. The Kier molecular flexibility index (Phi) is 9.35. The zero-order valence-electron chi connectivity index (χ0n) is 20.5. The highest BCUT2D eigenvalue weighted by Gasteiger charge is 2.31. The number of anilines is 1. The van der Waals surface area contributed by atoms with Crippen LogP contribution in [0.25, 0.3) is 0 Å². The van der Waals surface area contributed by atoms with Crippen LogP contribution < -0.4 is 9.62 Å². The van der Waals surface area contributed by atoms with Crippen LogP contribution in [0.2, 0.25) is 0 Å². The first-order valence-electron chi connectivity index (χ1n) is 11.9. The molecule has 0 heterocycles. The number of amides is 2. The van der Waals surface area contributed by atoms with E-state index in [4.69, 9.17) is 0 Å².